The minimum atomic E-state index is -0.161. The predicted octanol–water partition coefficient (Wildman–Crippen LogP) is 3.38. The molecule has 0 atom stereocenters. The number of anilines is 1. The molecule has 1 saturated carbocycles. The Morgan fingerprint density at radius 1 is 0.848 bits per heavy atom. The van der Waals surface area contributed by atoms with Crippen LogP contribution in [-0.4, -0.2) is 73.0 Å². The Hall–Kier alpha value is -2.80. The SMILES string of the molecule is O=C(NC1CCN(c2ccccc2C(=O)N2CCN(C3CCCC3)CC2)CC1)c1ccco1. The van der Waals surface area contributed by atoms with E-state index in [1.54, 1.807) is 12.1 Å². The zero-order chi connectivity index (χ0) is 22.6. The third-order valence-electron chi connectivity index (χ3n) is 7.49. The summed E-state index contributed by atoms with van der Waals surface area (Å²) in [7, 11) is 0. The predicted molar refractivity (Wildman–Crippen MR) is 128 cm³/mol. The average molecular weight is 451 g/mol. The molecule has 0 unspecified atom stereocenters. The number of para-hydroxylation sites is 1. The van der Waals surface area contributed by atoms with Crippen molar-refractivity contribution in [3.8, 4) is 0 Å². The molecule has 1 N–H and O–H groups in total. The van der Waals surface area contributed by atoms with E-state index in [-0.39, 0.29) is 17.9 Å². The highest BCUT2D eigenvalue weighted by atomic mass is 16.3. The zero-order valence-corrected chi connectivity index (χ0v) is 19.2. The first kappa shape index (κ1) is 22.0. The third kappa shape index (κ3) is 4.93. The Morgan fingerprint density at radius 3 is 2.27 bits per heavy atom. The van der Waals surface area contributed by atoms with Crippen LogP contribution in [0.3, 0.4) is 0 Å². The fourth-order valence-corrected chi connectivity index (χ4v) is 5.59. The van der Waals surface area contributed by atoms with Gasteiger partial charge in [0.2, 0.25) is 0 Å². The zero-order valence-electron chi connectivity index (χ0n) is 19.2. The number of rotatable bonds is 5. The smallest absolute Gasteiger partial charge is 0.287 e. The Labute approximate surface area is 195 Å². The van der Waals surface area contributed by atoms with Gasteiger partial charge in [-0.25, -0.2) is 0 Å². The molecule has 0 bridgehead atoms. The first-order valence-corrected chi connectivity index (χ1v) is 12.4. The standard InChI is InChI=1S/C26H34N4O3/c31-25(24-10-5-19-33-24)27-20-11-13-29(14-12-20)23-9-4-3-8-22(23)26(32)30-17-15-28(16-18-30)21-6-1-2-7-21/h3-5,8-10,19-21H,1-2,6-7,11-18H2,(H,27,31). The monoisotopic (exact) mass is 450 g/mol. The topological polar surface area (TPSA) is 69.0 Å². The highest BCUT2D eigenvalue weighted by Gasteiger charge is 2.30. The summed E-state index contributed by atoms with van der Waals surface area (Å²) in [5.41, 5.74) is 1.81. The molecule has 7 heteroatoms. The summed E-state index contributed by atoms with van der Waals surface area (Å²) >= 11 is 0. The Morgan fingerprint density at radius 2 is 1.58 bits per heavy atom. The minimum Gasteiger partial charge on any atom is -0.459 e. The molecular weight excluding hydrogens is 416 g/mol. The maximum absolute atomic E-state index is 13.4. The maximum Gasteiger partial charge on any atom is 0.287 e. The van der Waals surface area contributed by atoms with Gasteiger partial charge in [-0.2, -0.15) is 0 Å². The lowest BCUT2D eigenvalue weighted by atomic mass is 10.0. The van der Waals surface area contributed by atoms with Gasteiger partial charge in [-0.3, -0.25) is 14.5 Å². The lowest BCUT2D eigenvalue weighted by molar-refractivity contribution is 0.0574. The summed E-state index contributed by atoms with van der Waals surface area (Å²) in [5, 5.41) is 3.07. The highest BCUT2D eigenvalue weighted by molar-refractivity contribution is 6.00. The molecule has 0 radical (unpaired) electrons. The molecule has 2 aromatic rings. The van der Waals surface area contributed by atoms with E-state index in [1.165, 1.54) is 31.9 Å². The summed E-state index contributed by atoms with van der Waals surface area (Å²) in [6, 6.07) is 12.2. The van der Waals surface area contributed by atoms with E-state index in [2.05, 4.69) is 21.2 Å². The summed E-state index contributed by atoms with van der Waals surface area (Å²) < 4.78 is 5.19. The van der Waals surface area contributed by atoms with E-state index in [9.17, 15) is 9.59 Å². The summed E-state index contributed by atoms with van der Waals surface area (Å²) in [4.78, 5) is 32.6. The van der Waals surface area contributed by atoms with Crippen LogP contribution in [0, 0.1) is 0 Å². The highest BCUT2D eigenvalue weighted by Crippen LogP contribution is 2.28. The maximum atomic E-state index is 13.4. The van der Waals surface area contributed by atoms with E-state index in [0.29, 0.717) is 5.76 Å². The minimum absolute atomic E-state index is 0.116. The number of carbonyl (C=O) groups is 2. The summed E-state index contributed by atoms with van der Waals surface area (Å²) in [6.45, 7) is 5.21. The van der Waals surface area contributed by atoms with Gasteiger partial charge in [0.1, 0.15) is 0 Å². The van der Waals surface area contributed by atoms with Gasteiger partial charge < -0.3 is 19.5 Å². The van der Waals surface area contributed by atoms with Crippen LogP contribution in [0.25, 0.3) is 0 Å². The largest absolute Gasteiger partial charge is 0.459 e. The first-order valence-electron chi connectivity index (χ1n) is 12.4. The third-order valence-corrected chi connectivity index (χ3v) is 7.49. The number of amides is 2. The van der Waals surface area contributed by atoms with Crippen molar-refractivity contribution in [1.82, 2.24) is 15.1 Å². The Bertz CT molecular complexity index is 938. The number of carbonyl (C=O) groups excluding carboxylic acids is 2. The molecule has 33 heavy (non-hydrogen) atoms. The van der Waals surface area contributed by atoms with Crippen LogP contribution < -0.4 is 10.2 Å². The Kier molecular flexibility index (Phi) is 6.67. The lowest BCUT2D eigenvalue weighted by Crippen LogP contribution is -2.51. The van der Waals surface area contributed by atoms with E-state index >= 15 is 0 Å². The van der Waals surface area contributed by atoms with Crippen molar-refractivity contribution in [3.63, 3.8) is 0 Å². The molecule has 3 fully saturated rings. The molecule has 3 heterocycles. The van der Waals surface area contributed by atoms with Gasteiger partial charge in [-0.05, 0) is 49.9 Å². The molecule has 1 aliphatic carbocycles. The van der Waals surface area contributed by atoms with E-state index in [0.717, 1.165) is 69.4 Å². The van der Waals surface area contributed by atoms with Crippen LogP contribution in [0.5, 0.6) is 0 Å². The number of benzene rings is 1. The van der Waals surface area contributed by atoms with Crippen LogP contribution in [0.4, 0.5) is 5.69 Å². The van der Waals surface area contributed by atoms with Gasteiger partial charge in [-0.15, -0.1) is 0 Å². The molecule has 176 valence electrons. The van der Waals surface area contributed by atoms with Crippen molar-refractivity contribution in [1.29, 1.82) is 0 Å². The second-order valence-electron chi connectivity index (χ2n) is 9.50. The molecule has 7 nitrogen and oxygen atoms in total. The lowest BCUT2D eigenvalue weighted by Gasteiger charge is -2.39. The quantitative estimate of drug-likeness (QED) is 0.756. The molecule has 2 amide bonds. The van der Waals surface area contributed by atoms with Crippen molar-refractivity contribution in [2.45, 2.75) is 50.6 Å². The number of piperazine rings is 1. The molecule has 1 aromatic heterocycles. The van der Waals surface area contributed by atoms with Crippen LogP contribution in [0.15, 0.2) is 47.1 Å². The second-order valence-corrected chi connectivity index (χ2v) is 9.50. The van der Waals surface area contributed by atoms with Crippen LogP contribution in [0.2, 0.25) is 0 Å². The van der Waals surface area contributed by atoms with Gasteiger partial charge >= 0.3 is 0 Å². The van der Waals surface area contributed by atoms with Gasteiger partial charge in [0.05, 0.1) is 11.8 Å². The number of nitrogens with zero attached hydrogens (tertiary/aromatic N) is 3. The van der Waals surface area contributed by atoms with Crippen molar-refractivity contribution in [2.75, 3.05) is 44.2 Å². The van der Waals surface area contributed by atoms with E-state index in [1.807, 2.05) is 23.1 Å². The van der Waals surface area contributed by atoms with Crippen LogP contribution in [0.1, 0.15) is 59.4 Å². The van der Waals surface area contributed by atoms with E-state index in [4.69, 9.17) is 4.42 Å². The van der Waals surface area contributed by atoms with Crippen LogP contribution >= 0.6 is 0 Å². The van der Waals surface area contributed by atoms with Gasteiger partial charge in [0.25, 0.3) is 11.8 Å². The fraction of sp³-hybridized carbons (Fsp3) is 0.538. The molecular formula is C26H34N4O3. The number of hydrogen-bond donors (Lipinski definition) is 1. The summed E-state index contributed by atoms with van der Waals surface area (Å²) in [5.74, 6) is 0.331. The molecule has 0 spiro atoms. The van der Waals surface area contributed by atoms with Crippen molar-refractivity contribution in [3.05, 3.63) is 54.0 Å². The molecule has 3 aliphatic rings. The van der Waals surface area contributed by atoms with Crippen molar-refractivity contribution >= 4 is 17.5 Å². The number of furan rings is 1. The summed E-state index contributed by atoms with van der Waals surface area (Å²) in [6.07, 6.45) is 8.52. The molecule has 2 aliphatic heterocycles. The van der Waals surface area contributed by atoms with Gasteiger partial charge in [0.15, 0.2) is 5.76 Å². The van der Waals surface area contributed by atoms with Crippen molar-refractivity contribution < 1.29 is 14.0 Å². The number of nitrogens with one attached hydrogen (secondary N) is 1. The second kappa shape index (κ2) is 10.00. The van der Waals surface area contributed by atoms with Gasteiger partial charge in [-0.1, -0.05) is 25.0 Å². The normalized spacial score (nSPS) is 20.8. The fourth-order valence-electron chi connectivity index (χ4n) is 5.59. The Balaban J connectivity index is 1.18. The number of piperidine rings is 1. The van der Waals surface area contributed by atoms with Crippen LogP contribution in [-0.2, 0) is 0 Å². The number of hydrogen-bond acceptors (Lipinski definition) is 5. The molecule has 1 aromatic carbocycles. The van der Waals surface area contributed by atoms with E-state index < -0.39 is 0 Å². The first-order chi connectivity index (χ1) is 16.2. The molecule has 2 saturated heterocycles. The molecule has 5 rings (SSSR count). The van der Waals surface area contributed by atoms with Gasteiger partial charge in [0, 0.05) is 57.0 Å². The average Bonchev–Trinajstić information content (AvgIpc) is 3.59. The van der Waals surface area contributed by atoms with Crippen molar-refractivity contribution in [2.24, 2.45) is 0 Å².